The zero-order chi connectivity index (χ0) is 22.1. The minimum atomic E-state index is -4.26. The Kier molecular flexibility index (Phi) is 9.09. The summed E-state index contributed by atoms with van der Waals surface area (Å²) in [5.74, 6) is -1.62. The van der Waals surface area contributed by atoms with Crippen LogP contribution in [0.4, 0.5) is 10.1 Å². The van der Waals surface area contributed by atoms with Crippen molar-refractivity contribution in [2.24, 2.45) is 0 Å². The third-order valence-electron chi connectivity index (χ3n) is 3.90. The van der Waals surface area contributed by atoms with Crippen molar-refractivity contribution in [1.82, 2.24) is 10.0 Å². The Labute approximate surface area is 183 Å². The fraction of sp³-hybridized carbons (Fsp3) is 0.263. The van der Waals surface area contributed by atoms with E-state index in [0.717, 1.165) is 12.1 Å². The minimum absolute atomic E-state index is 0.166. The maximum atomic E-state index is 13.9. The maximum absolute atomic E-state index is 13.9. The third-order valence-corrected chi connectivity index (χ3v) is 6.30. The highest BCUT2D eigenvalue weighted by Crippen LogP contribution is 2.15. The molecular weight excluding hydrogens is 453 g/mol. The van der Waals surface area contributed by atoms with Gasteiger partial charge in [-0.2, -0.15) is 16.5 Å². The molecule has 2 rings (SSSR count). The van der Waals surface area contributed by atoms with E-state index in [-0.39, 0.29) is 13.0 Å². The molecule has 0 radical (unpaired) electrons. The highest BCUT2D eigenvalue weighted by Gasteiger charge is 2.27. The second-order valence-electron chi connectivity index (χ2n) is 6.16. The number of amides is 2. The number of rotatable bonds is 10. The molecule has 11 heteroatoms. The molecule has 0 saturated heterocycles. The largest absolute Gasteiger partial charge is 0.346 e. The normalized spacial score (nSPS) is 12.2. The predicted molar refractivity (Wildman–Crippen MR) is 117 cm³/mol. The van der Waals surface area contributed by atoms with Gasteiger partial charge >= 0.3 is 0 Å². The molecule has 162 valence electrons. The Morgan fingerprint density at radius 3 is 2.43 bits per heavy atom. The van der Waals surface area contributed by atoms with Crippen LogP contribution >= 0.6 is 23.4 Å². The van der Waals surface area contributed by atoms with E-state index in [1.807, 2.05) is 0 Å². The smallest absolute Gasteiger partial charge is 0.244 e. The molecule has 7 nitrogen and oxygen atoms in total. The van der Waals surface area contributed by atoms with Crippen LogP contribution in [0.5, 0.6) is 0 Å². The van der Waals surface area contributed by atoms with Gasteiger partial charge in [0.25, 0.3) is 0 Å². The van der Waals surface area contributed by atoms with Crippen LogP contribution in [-0.2, 0) is 19.6 Å². The van der Waals surface area contributed by atoms with Crippen molar-refractivity contribution in [2.75, 3.05) is 23.9 Å². The quantitative estimate of drug-likeness (QED) is 0.492. The molecule has 2 aromatic rings. The first-order valence-corrected chi connectivity index (χ1v) is 12.1. The summed E-state index contributed by atoms with van der Waals surface area (Å²) in [6.07, 6.45) is 1.97. The average Bonchev–Trinajstić information content (AvgIpc) is 2.71. The molecule has 1 unspecified atom stereocenters. The van der Waals surface area contributed by atoms with Gasteiger partial charge < -0.3 is 10.6 Å². The van der Waals surface area contributed by atoms with Gasteiger partial charge in [0.15, 0.2) is 0 Å². The van der Waals surface area contributed by atoms with Gasteiger partial charge in [0.2, 0.25) is 21.8 Å². The molecule has 0 aliphatic rings. The van der Waals surface area contributed by atoms with Crippen LogP contribution < -0.4 is 15.4 Å². The highest BCUT2D eigenvalue weighted by molar-refractivity contribution is 7.98. The van der Waals surface area contributed by atoms with E-state index in [1.165, 1.54) is 23.9 Å². The van der Waals surface area contributed by atoms with Crippen LogP contribution in [0.15, 0.2) is 53.4 Å². The molecule has 0 heterocycles. The van der Waals surface area contributed by atoms with Gasteiger partial charge in [0.05, 0.1) is 6.54 Å². The molecule has 0 bridgehead atoms. The number of hydrogen-bond donors (Lipinski definition) is 3. The number of anilines is 1. The Balaban J connectivity index is 2.01. The molecule has 2 aromatic carbocycles. The monoisotopic (exact) mass is 473 g/mol. The topological polar surface area (TPSA) is 104 Å². The fourth-order valence-corrected chi connectivity index (χ4v) is 4.33. The Bertz CT molecular complexity index is 988. The summed E-state index contributed by atoms with van der Waals surface area (Å²) in [5, 5.41) is 5.50. The van der Waals surface area contributed by atoms with Crippen molar-refractivity contribution < 1.29 is 22.4 Å². The minimum Gasteiger partial charge on any atom is -0.346 e. The second kappa shape index (κ2) is 11.3. The number of sulfonamides is 1. The standard InChI is InChI=1S/C19H21ClFN3O4S2/c1-29-11-10-16(24-30(27,28)17-5-3-2-4-15(17)21)19(26)22-12-18(25)23-14-8-6-13(20)7-9-14/h2-9,16,24H,10-12H2,1H3,(H,22,26)(H,23,25). The first kappa shape index (κ1) is 24.1. The lowest BCUT2D eigenvalue weighted by atomic mass is 10.2. The van der Waals surface area contributed by atoms with Crippen molar-refractivity contribution in [3.63, 3.8) is 0 Å². The Morgan fingerprint density at radius 2 is 1.80 bits per heavy atom. The molecule has 0 aromatic heterocycles. The van der Waals surface area contributed by atoms with Crippen LogP contribution in [0.25, 0.3) is 0 Å². The van der Waals surface area contributed by atoms with Crippen molar-refractivity contribution >= 4 is 50.9 Å². The lowest BCUT2D eigenvalue weighted by molar-refractivity contribution is -0.125. The lowest BCUT2D eigenvalue weighted by Crippen LogP contribution is -2.48. The van der Waals surface area contributed by atoms with E-state index in [2.05, 4.69) is 15.4 Å². The molecule has 0 spiro atoms. The predicted octanol–water partition coefficient (Wildman–Crippen LogP) is 2.63. The van der Waals surface area contributed by atoms with Gasteiger partial charge in [-0.3, -0.25) is 9.59 Å². The Hall–Kier alpha value is -2.14. The number of carbonyl (C=O) groups is 2. The van der Waals surface area contributed by atoms with Crippen molar-refractivity contribution in [3.05, 3.63) is 59.4 Å². The van der Waals surface area contributed by atoms with Crippen LogP contribution in [0.2, 0.25) is 5.02 Å². The first-order valence-electron chi connectivity index (χ1n) is 8.82. The summed E-state index contributed by atoms with van der Waals surface area (Å²) in [5.41, 5.74) is 0.498. The van der Waals surface area contributed by atoms with E-state index in [4.69, 9.17) is 11.6 Å². The SMILES string of the molecule is CSCCC(NS(=O)(=O)c1ccccc1F)C(=O)NCC(=O)Nc1ccc(Cl)cc1. The zero-order valence-electron chi connectivity index (χ0n) is 16.0. The summed E-state index contributed by atoms with van der Waals surface area (Å²) in [4.78, 5) is 24.0. The number of benzene rings is 2. The molecular formula is C19H21ClFN3O4S2. The first-order chi connectivity index (χ1) is 14.2. The number of hydrogen-bond acceptors (Lipinski definition) is 5. The van der Waals surface area contributed by atoms with Crippen LogP contribution in [-0.4, -0.2) is 44.8 Å². The lowest BCUT2D eigenvalue weighted by Gasteiger charge is -2.18. The van der Waals surface area contributed by atoms with Gasteiger partial charge in [-0.25, -0.2) is 12.8 Å². The van der Waals surface area contributed by atoms with E-state index < -0.39 is 38.6 Å². The zero-order valence-corrected chi connectivity index (χ0v) is 18.4. The number of halogens is 2. The van der Waals surface area contributed by atoms with E-state index in [0.29, 0.717) is 16.5 Å². The fourth-order valence-electron chi connectivity index (χ4n) is 2.42. The molecule has 3 N–H and O–H groups in total. The van der Waals surface area contributed by atoms with E-state index in [1.54, 1.807) is 30.5 Å². The van der Waals surface area contributed by atoms with Crippen LogP contribution in [0.3, 0.4) is 0 Å². The van der Waals surface area contributed by atoms with E-state index in [9.17, 15) is 22.4 Å². The summed E-state index contributed by atoms with van der Waals surface area (Å²) >= 11 is 7.20. The van der Waals surface area contributed by atoms with Crippen LogP contribution in [0, 0.1) is 5.82 Å². The molecule has 1 atom stereocenters. The number of thioether (sulfide) groups is 1. The molecule has 0 fully saturated rings. The molecule has 0 saturated carbocycles. The van der Waals surface area contributed by atoms with Gasteiger partial charge in [-0.1, -0.05) is 23.7 Å². The van der Waals surface area contributed by atoms with Gasteiger partial charge in [-0.05, 0) is 54.8 Å². The third kappa shape index (κ3) is 7.28. The average molecular weight is 474 g/mol. The summed E-state index contributed by atoms with van der Waals surface area (Å²) < 4.78 is 41.1. The number of nitrogens with one attached hydrogen (secondary N) is 3. The summed E-state index contributed by atoms with van der Waals surface area (Å²) in [6.45, 7) is -0.362. The molecule has 0 aliphatic heterocycles. The number of carbonyl (C=O) groups excluding carboxylic acids is 2. The van der Waals surface area contributed by atoms with Gasteiger partial charge in [0.1, 0.15) is 16.8 Å². The van der Waals surface area contributed by atoms with Gasteiger partial charge in [-0.15, -0.1) is 0 Å². The van der Waals surface area contributed by atoms with E-state index >= 15 is 0 Å². The van der Waals surface area contributed by atoms with Gasteiger partial charge in [0, 0.05) is 10.7 Å². The molecule has 2 amide bonds. The highest BCUT2D eigenvalue weighted by atomic mass is 35.5. The second-order valence-corrected chi connectivity index (χ2v) is 9.26. The van der Waals surface area contributed by atoms with Crippen LogP contribution in [0.1, 0.15) is 6.42 Å². The molecule has 0 aliphatic carbocycles. The van der Waals surface area contributed by atoms with Crippen molar-refractivity contribution in [3.8, 4) is 0 Å². The van der Waals surface area contributed by atoms with Crippen molar-refractivity contribution in [1.29, 1.82) is 0 Å². The van der Waals surface area contributed by atoms with Crippen molar-refractivity contribution in [2.45, 2.75) is 17.4 Å². The Morgan fingerprint density at radius 1 is 1.13 bits per heavy atom. The summed E-state index contributed by atoms with van der Waals surface area (Å²) in [7, 11) is -4.26. The summed E-state index contributed by atoms with van der Waals surface area (Å²) in [6, 6.07) is 10.1. The maximum Gasteiger partial charge on any atom is 0.244 e. The molecule has 30 heavy (non-hydrogen) atoms.